The Morgan fingerprint density at radius 1 is 1.58 bits per heavy atom. The van der Waals surface area contributed by atoms with Crippen molar-refractivity contribution >= 4 is 23.4 Å². The van der Waals surface area contributed by atoms with Gasteiger partial charge in [-0.2, -0.15) is 0 Å². The number of hydrogen-bond acceptors (Lipinski definition) is 5. The minimum Gasteiger partial charge on any atom is -0.442 e. The van der Waals surface area contributed by atoms with Crippen LogP contribution in [-0.2, 0) is 14.3 Å². The molecule has 0 unspecified atom stereocenters. The van der Waals surface area contributed by atoms with Gasteiger partial charge in [0, 0.05) is 19.9 Å². The van der Waals surface area contributed by atoms with Crippen LogP contribution in [0.1, 0.15) is 28.9 Å². The number of nitrogens with zero attached hydrogens (tertiary/aromatic N) is 2. The Morgan fingerprint density at radius 3 is 3.04 bits per heavy atom. The number of amides is 2. The summed E-state index contributed by atoms with van der Waals surface area (Å²) in [5.74, 6) is -3.27. The first kappa shape index (κ1) is 5.87. The second-order valence-corrected chi connectivity index (χ2v) is 4.20. The predicted molar refractivity (Wildman–Crippen MR) is 85.7 cm³/mol. The van der Waals surface area contributed by atoms with Crippen molar-refractivity contribution in [1.29, 1.82) is 0 Å². The summed E-state index contributed by atoms with van der Waals surface area (Å²) in [6, 6.07) is -4.79. The number of cyclic esters (lactones) is 1. The Labute approximate surface area is 161 Å². The van der Waals surface area contributed by atoms with E-state index in [0.29, 0.717) is 0 Å². The first-order valence-electron chi connectivity index (χ1n) is 14.3. The number of halogens is 1. The van der Waals surface area contributed by atoms with Gasteiger partial charge in [-0.1, -0.05) is 0 Å². The van der Waals surface area contributed by atoms with Crippen molar-refractivity contribution < 1.29 is 45.4 Å². The molecule has 1 N–H and O–H groups in total. The highest BCUT2D eigenvalue weighted by Crippen LogP contribution is 2.28. The standard InChI is InChI=1S/C16H20FN3O4/c1-11(21)18-9-13-10-20(16(22)24-13)12-2-3-15(14(17)8-12)19-4-6-23-7-5-19/h2-3,8,13H,4-7,9-10H2,1H3,(H,18,21)/t13-/m0/s1/i2D,3D,4D2,5D2,6D2,7D2,8D,9D2,10D2,13D. The van der Waals surface area contributed by atoms with Gasteiger partial charge in [-0.25, -0.2) is 9.18 Å². The summed E-state index contributed by atoms with van der Waals surface area (Å²) in [4.78, 5) is 23.2. The van der Waals surface area contributed by atoms with Gasteiger partial charge >= 0.3 is 6.09 Å². The Bertz CT molecular complexity index is 1240. The normalized spacial score (nSPS) is 44.8. The molecule has 3 rings (SSSR count). The molecule has 2 fully saturated rings. The molecule has 2 heterocycles. The van der Waals surface area contributed by atoms with Gasteiger partial charge in [-0.05, 0) is 18.1 Å². The van der Waals surface area contributed by atoms with Crippen molar-refractivity contribution in [2.24, 2.45) is 0 Å². The maximum Gasteiger partial charge on any atom is 0.414 e. The van der Waals surface area contributed by atoms with E-state index in [9.17, 15) is 9.59 Å². The lowest BCUT2D eigenvalue weighted by Gasteiger charge is -2.29. The molecule has 1 aromatic carbocycles. The van der Waals surface area contributed by atoms with E-state index in [2.05, 4.69) is 9.47 Å². The zero-order valence-electron chi connectivity index (χ0n) is 27.9. The first-order chi connectivity index (χ1) is 17.6. The molecular weight excluding hydrogens is 317 g/mol. The highest BCUT2D eigenvalue weighted by molar-refractivity contribution is 5.90. The van der Waals surface area contributed by atoms with Crippen LogP contribution in [0.3, 0.4) is 0 Å². The van der Waals surface area contributed by atoms with Crippen molar-refractivity contribution in [2.75, 3.05) is 48.9 Å². The second-order valence-electron chi connectivity index (χ2n) is 4.20. The number of benzene rings is 1. The number of morpholine rings is 1. The lowest BCUT2D eigenvalue weighted by atomic mass is 10.2. The summed E-state index contributed by atoms with van der Waals surface area (Å²) in [5, 5.41) is 1.57. The fourth-order valence-electron chi connectivity index (χ4n) is 1.58. The predicted octanol–water partition coefficient (Wildman–Crippen LogP) is 1.12. The molecule has 2 aliphatic heterocycles. The average Bonchev–Trinajstić information content (AvgIpc) is 2.92. The zero-order valence-corrected chi connectivity index (χ0v) is 11.9. The van der Waals surface area contributed by atoms with Gasteiger partial charge in [0.25, 0.3) is 0 Å². The van der Waals surface area contributed by atoms with Gasteiger partial charge < -0.3 is 19.7 Å². The molecular formula is C16H20FN3O4. The molecule has 24 heavy (non-hydrogen) atoms. The lowest BCUT2D eigenvalue weighted by molar-refractivity contribution is -0.119. The van der Waals surface area contributed by atoms with E-state index in [4.69, 9.17) is 21.9 Å². The molecule has 8 heteroatoms. The molecule has 0 bridgehead atoms. The van der Waals surface area contributed by atoms with Crippen molar-refractivity contribution in [3.63, 3.8) is 0 Å². The van der Waals surface area contributed by atoms with E-state index in [1.165, 1.54) is 0 Å². The summed E-state index contributed by atoms with van der Waals surface area (Å²) in [6.07, 6.45) is -5.61. The molecule has 1 aromatic rings. The molecule has 0 aromatic heterocycles. The van der Waals surface area contributed by atoms with Gasteiger partial charge in [0.1, 0.15) is 11.9 Å². The van der Waals surface area contributed by atoms with E-state index >= 15 is 4.39 Å². The highest BCUT2D eigenvalue weighted by Gasteiger charge is 2.32. The third kappa shape index (κ3) is 3.59. The summed E-state index contributed by atoms with van der Waals surface area (Å²) < 4.78 is 153. The van der Waals surface area contributed by atoms with Crippen LogP contribution in [0.4, 0.5) is 20.6 Å². The van der Waals surface area contributed by atoms with Crippen LogP contribution in [0, 0.1) is 5.82 Å². The van der Waals surface area contributed by atoms with Crippen molar-refractivity contribution in [3.05, 3.63) is 23.9 Å². The van der Waals surface area contributed by atoms with Crippen LogP contribution in [0.2, 0.25) is 0 Å². The topological polar surface area (TPSA) is 71.1 Å². The van der Waals surface area contributed by atoms with Crippen LogP contribution in [0.15, 0.2) is 18.1 Å². The van der Waals surface area contributed by atoms with Gasteiger partial charge in [0.2, 0.25) is 5.91 Å². The van der Waals surface area contributed by atoms with E-state index in [1.807, 2.05) is 0 Å². The molecule has 1 atom stereocenters. The maximum absolute atomic E-state index is 15.8. The molecule has 0 radical (unpaired) electrons. The van der Waals surface area contributed by atoms with Crippen LogP contribution < -0.4 is 15.1 Å². The van der Waals surface area contributed by atoms with E-state index < -0.39 is 97.4 Å². The molecule has 0 spiro atoms. The number of hydrogen-bond donors (Lipinski definition) is 1. The summed E-state index contributed by atoms with van der Waals surface area (Å²) in [5.41, 5.74) is -3.11. The van der Waals surface area contributed by atoms with Crippen molar-refractivity contribution in [2.45, 2.75) is 13.0 Å². The number of carbonyl (C=O) groups excluding carboxylic acids is 2. The molecule has 2 amide bonds. The van der Waals surface area contributed by atoms with Crippen LogP contribution in [0.5, 0.6) is 0 Å². The SMILES string of the molecule is [2H]c1c([2H])c(N2C(=O)O[C@@]([2H])(C([2H])([2H])NC(C)=O)C2([2H])[2H])c([2H])c(F)c1N1C([2H])([2H])C([2H])([2H])OC([2H])([2H])C1([2H])[2H]. The van der Waals surface area contributed by atoms with Crippen molar-refractivity contribution in [3.8, 4) is 0 Å². The third-order valence-corrected chi connectivity index (χ3v) is 2.54. The van der Waals surface area contributed by atoms with E-state index in [1.54, 1.807) is 5.32 Å². The Kier molecular flexibility index (Phi) is 1.72. The average molecular weight is 353 g/mol. The molecule has 7 nitrogen and oxygen atoms in total. The fourth-order valence-corrected chi connectivity index (χ4v) is 1.58. The Hall–Kier alpha value is -2.35. The molecule has 2 aliphatic rings. The largest absolute Gasteiger partial charge is 0.442 e. The smallest absolute Gasteiger partial charge is 0.414 e. The number of ether oxygens (including phenoxy) is 2. The number of rotatable bonds is 4. The quantitative estimate of drug-likeness (QED) is 0.878. The molecule has 130 valence electrons. The van der Waals surface area contributed by atoms with Gasteiger partial charge in [-0.15, -0.1) is 0 Å². The Morgan fingerprint density at radius 2 is 2.33 bits per heavy atom. The van der Waals surface area contributed by atoms with Gasteiger partial charge in [0.05, 0.1) is 59.4 Å². The second kappa shape index (κ2) is 7.04. The highest BCUT2D eigenvalue weighted by atomic mass is 19.1. The van der Waals surface area contributed by atoms with Crippen LogP contribution >= 0.6 is 0 Å². The molecule has 0 aliphatic carbocycles. The molecule has 0 saturated carbocycles. The number of carbonyl (C=O) groups is 2. The number of anilines is 2. The van der Waals surface area contributed by atoms with E-state index in [-0.39, 0.29) is 4.90 Å². The Balaban J connectivity index is 2.32. The summed E-state index contributed by atoms with van der Waals surface area (Å²) in [7, 11) is 0. The minimum absolute atomic E-state index is 0.351. The maximum atomic E-state index is 15.8. The zero-order chi connectivity index (χ0) is 31.4. The van der Waals surface area contributed by atoms with Gasteiger partial charge in [-0.3, -0.25) is 9.69 Å². The van der Waals surface area contributed by atoms with E-state index in [0.717, 1.165) is 6.92 Å². The third-order valence-electron chi connectivity index (χ3n) is 2.54. The van der Waals surface area contributed by atoms with Crippen molar-refractivity contribution in [1.82, 2.24) is 5.32 Å². The van der Waals surface area contributed by atoms with Crippen LogP contribution in [-0.4, -0.2) is 57.2 Å². The number of nitrogens with one attached hydrogen (secondary N) is 1. The summed E-state index contributed by atoms with van der Waals surface area (Å²) >= 11 is 0. The lowest BCUT2D eigenvalue weighted by Crippen LogP contribution is -2.36. The van der Waals surface area contributed by atoms with Gasteiger partial charge in [0.15, 0.2) is 0 Å². The minimum atomic E-state index is -3.80. The van der Waals surface area contributed by atoms with Crippen LogP contribution in [0.25, 0.3) is 0 Å². The first-order valence-corrected chi connectivity index (χ1v) is 6.26. The summed E-state index contributed by atoms with van der Waals surface area (Å²) in [6.45, 7) is -21.4. The molecule has 2 saturated heterocycles. The monoisotopic (exact) mass is 353 g/mol. The fraction of sp³-hybridized carbons (Fsp3) is 0.500.